The molecule has 2 heterocycles. The number of nitrogens with zero attached hydrogens (tertiary/aromatic N) is 2. The van der Waals surface area contributed by atoms with Gasteiger partial charge < -0.3 is 5.11 Å². The van der Waals surface area contributed by atoms with Crippen molar-refractivity contribution in [2.45, 2.75) is 57.5 Å². The van der Waals surface area contributed by atoms with Gasteiger partial charge >= 0.3 is 5.97 Å². The summed E-state index contributed by atoms with van der Waals surface area (Å²) in [5, 5.41) is 9.49. The van der Waals surface area contributed by atoms with Gasteiger partial charge in [-0.1, -0.05) is 12.8 Å². The molecule has 0 aromatic carbocycles. The fourth-order valence-electron chi connectivity index (χ4n) is 3.91. The van der Waals surface area contributed by atoms with Crippen molar-refractivity contribution in [3.63, 3.8) is 0 Å². The number of carboxylic acids is 1. The number of carbonyl (C=O) groups is 1. The summed E-state index contributed by atoms with van der Waals surface area (Å²) in [5.41, 5.74) is 2.98. The zero-order valence-corrected chi connectivity index (χ0v) is 12.7. The third-order valence-corrected chi connectivity index (χ3v) is 5.94. The molecule has 1 aromatic heterocycles. The molecule has 3 rings (SSSR count). The molecule has 1 aliphatic heterocycles. The molecule has 2 aliphatic rings. The lowest BCUT2D eigenvalue weighted by Crippen LogP contribution is -2.43. The first kappa shape index (κ1) is 14.0. The van der Waals surface area contributed by atoms with Crippen molar-refractivity contribution in [1.82, 2.24) is 9.88 Å². The van der Waals surface area contributed by atoms with E-state index in [-0.39, 0.29) is 6.04 Å². The number of hydrogen-bond donors (Lipinski definition) is 1. The fraction of sp³-hybridized carbons (Fsp3) is 0.733. The Bertz CT molecular complexity index is 488. The minimum Gasteiger partial charge on any atom is -0.480 e. The molecule has 2 fully saturated rings. The van der Waals surface area contributed by atoms with Crippen LogP contribution in [0, 0.1) is 12.8 Å². The molecule has 1 aromatic rings. The normalized spacial score (nSPS) is 30.4. The molecule has 3 atom stereocenters. The third-order valence-electron chi connectivity index (χ3n) is 4.95. The first-order chi connectivity index (χ1) is 9.66. The zero-order valence-electron chi connectivity index (χ0n) is 11.9. The Balaban J connectivity index is 1.71. The van der Waals surface area contributed by atoms with Gasteiger partial charge in [-0.25, -0.2) is 4.98 Å². The molecule has 0 spiro atoms. The van der Waals surface area contributed by atoms with Gasteiger partial charge in [-0.15, -0.1) is 11.3 Å². The molecule has 0 unspecified atom stereocenters. The second kappa shape index (κ2) is 5.82. The molecule has 1 saturated heterocycles. The largest absolute Gasteiger partial charge is 0.480 e. The lowest BCUT2D eigenvalue weighted by molar-refractivity contribution is -0.142. The second-order valence-corrected chi connectivity index (χ2v) is 6.99. The van der Waals surface area contributed by atoms with Crippen molar-refractivity contribution >= 4 is 17.3 Å². The fourth-order valence-corrected chi connectivity index (χ4v) is 4.68. The summed E-state index contributed by atoms with van der Waals surface area (Å²) in [4.78, 5) is 19.4. The molecule has 1 saturated carbocycles. The molecule has 110 valence electrons. The van der Waals surface area contributed by atoms with E-state index in [0.29, 0.717) is 12.0 Å². The predicted molar refractivity (Wildman–Crippen MR) is 79.0 cm³/mol. The van der Waals surface area contributed by atoms with Crippen LogP contribution < -0.4 is 0 Å². The average molecular weight is 294 g/mol. The molecule has 0 bridgehead atoms. The highest BCUT2D eigenvalue weighted by Crippen LogP contribution is 2.39. The lowest BCUT2D eigenvalue weighted by Gasteiger charge is -2.32. The molecule has 1 N–H and O–H groups in total. The van der Waals surface area contributed by atoms with Gasteiger partial charge in [0.15, 0.2) is 0 Å². The summed E-state index contributed by atoms with van der Waals surface area (Å²) in [6.45, 7) is 2.90. The van der Waals surface area contributed by atoms with Crippen LogP contribution in [0.2, 0.25) is 0 Å². The van der Waals surface area contributed by atoms with Gasteiger partial charge in [0.2, 0.25) is 0 Å². The van der Waals surface area contributed by atoms with Crippen LogP contribution in [0.1, 0.15) is 42.7 Å². The van der Waals surface area contributed by atoms with Crippen LogP contribution in [0.5, 0.6) is 0 Å². The van der Waals surface area contributed by atoms with Crippen molar-refractivity contribution in [1.29, 1.82) is 0 Å². The maximum Gasteiger partial charge on any atom is 0.320 e. The number of carboxylic acid groups (broad SMARTS) is 1. The van der Waals surface area contributed by atoms with Gasteiger partial charge in [0, 0.05) is 17.5 Å². The number of thiazole rings is 1. The Hall–Kier alpha value is -0.940. The Kier molecular flexibility index (Phi) is 4.08. The van der Waals surface area contributed by atoms with E-state index in [1.165, 1.54) is 30.6 Å². The SMILES string of the molecule is Cc1ncsc1CCN1[C@@H]2CCCC[C@H]2C[C@H]1C(=O)O. The van der Waals surface area contributed by atoms with Crippen LogP contribution in [0.15, 0.2) is 5.51 Å². The number of aromatic nitrogens is 1. The monoisotopic (exact) mass is 294 g/mol. The van der Waals surface area contributed by atoms with Crippen LogP contribution in [-0.4, -0.2) is 39.6 Å². The standard InChI is InChI=1S/C15H22N2O2S/c1-10-14(20-9-16-10)6-7-17-12-5-3-2-4-11(12)8-13(17)15(18)19/h9,11-13H,2-8H2,1H3,(H,18,19)/t11-,12+,13-/m0/s1. The van der Waals surface area contributed by atoms with Crippen molar-refractivity contribution in [3.05, 3.63) is 16.1 Å². The first-order valence-electron chi connectivity index (χ1n) is 7.54. The van der Waals surface area contributed by atoms with E-state index in [0.717, 1.165) is 25.1 Å². The van der Waals surface area contributed by atoms with Crippen LogP contribution in [0.25, 0.3) is 0 Å². The molecular formula is C15H22N2O2S. The van der Waals surface area contributed by atoms with Crippen molar-refractivity contribution in [2.75, 3.05) is 6.54 Å². The number of likely N-dealkylation sites (tertiary alicyclic amines) is 1. The predicted octanol–water partition coefficient (Wildman–Crippen LogP) is 2.71. The zero-order chi connectivity index (χ0) is 14.1. The number of aliphatic carboxylic acids is 1. The maximum absolute atomic E-state index is 11.5. The number of hydrogen-bond acceptors (Lipinski definition) is 4. The Morgan fingerprint density at radius 2 is 2.30 bits per heavy atom. The Morgan fingerprint density at radius 3 is 3.00 bits per heavy atom. The molecule has 0 amide bonds. The average Bonchev–Trinajstić information content (AvgIpc) is 3.00. The quantitative estimate of drug-likeness (QED) is 0.927. The minimum absolute atomic E-state index is 0.267. The van der Waals surface area contributed by atoms with Gasteiger partial charge in [-0.05, 0) is 38.5 Å². The summed E-state index contributed by atoms with van der Waals surface area (Å²) in [6.07, 6.45) is 6.70. The highest BCUT2D eigenvalue weighted by molar-refractivity contribution is 7.09. The highest BCUT2D eigenvalue weighted by atomic mass is 32.1. The van der Waals surface area contributed by atoms with Crippen molar-refractivity contribution in [3.8, 4) is 0 Å². The van der Waals surface area contributed by atoms with Gasteiger partial charge in [0.1, 0.15) is 6.04 Å². The first-order valence-corrected chi connectivity index (χ1v) is 8.42. The Morgan fingerprint density at radius 1 is 1.50 bits per heavy atom. The molecule has 4 nitrogen and oxygen atoms in total. The van der Waals surface area contributed by atoms with E-state index in [1.54, 1.807) is 11.3 Å². The summed E-state index contributed by atoms with van der Waals surface area (Å²) >= 11 is 1.69. The number of aryl methyl sites for hydroxylation is 1. The summed E-state index contributed by atoms with van der Waals surface area (Å²) in [5.74, 6) is -0.0344. The van der Waals surface area contributed by atoms with E-state index in [9.17, 15) is 9.90 Å². The third kappa shape index (κ3) is 2.61. The van der Waals surface area contributed by atoms with Gasteiger partial charge in [-0.2, -0.15) is 0 Å². The summed E-state index contributed by atoms with van der Waals surface area (Å²) in [6, 6.07) is 0.231. The van der Waals surface area contributed by atoms with Gasteiger partial charge in [-0.3, -0.25) is 9.69 Å². The van der Waals surface area contributed by atoms with E-state index < -0.39 is 5.97 Å². The molecular weight excluding hydrogens is 272 g/mol. The van der Waals surface area contributed by atoms with Crippen LogP contribution in [0.3, 0.4) is 0 Å². The molecule has 1 aliphatic carbocycles. The Labute approximate surface area is 123 Å². The van der Waals surface area contributed by atoms with E-state index in [4.69, 9.17) is 0 Å². The molecule has 0 radical (unpaired) electrons. The van der Waals surface area contributed by atoms with E-state index in [2.05, 4.69) is 9.88 Å². The summed E-state index contributed by atoms with van der Waals surface area (Å²) < 4.78 is 0. The second-order valence-electron chi connectivity index (χ2n) is 6.05. The van der Waals surface area contributed by atoms with Crippen molar-refractivity contribution in [2.24, 2.45) is 5.92 Å². The topological polar surface area (TPSA) is 53.4 Å². The van der Waals surface area contributed by atoms with Crippen molar-refractivity contribution < 1.29 is 9.90 Å². The van der Waals surface area contributed by atoms with E-state index >= 15 is 0 Å². The number of rotatable bonds is 4. The van der Waals surface area contributed by atoms with Crippen LogP contribution in [0.4, 0.5) is 0 Å². The minimum atomic E-state index is -0.638. The smallest absolute Gasteiger partial charge is 0.320 e. The van der Waals surface area contributed by atoms with Crippen LogP contribution >= 0.6 is 11.3 Å². The lowest BCUT2D eigenvalue weighted by atomic mass is 9.85. The number of fused-ring (bicyclic) bond motifs is 1. The maximum atomic E-state index is 11.5. The van der Waals surface area contributed by atoms with E-state index in [1.807, 2.05) is 12.4 Å². The van der Waals surface area contributed by atoms with Crippen LogP contribution in [-0.2, 0) is 11.2 Å². The molecule has 5 heteroatoms. The van der Waals surface area contributed by atoms with Gasteiger partial charge in [0.05, 0.1) is 11.2 Å². The van der Waals surface area contributed by atoms with Gasteiger partial charge in [0.25, 0.3) is 0 Å². The highest BCUT2D eigenvalue weighted by Gasteiger charge is 2.44. The molecule has 20 heavy (non-hydrogen) atoms. The summed E-state index contributed by atoms with van der Waals surface area (Å²) in [7, 11) is 0.